The van der Waals surface area contributed by atoms with Crippen molar-refractivity contribution in [2.75, 3.05) is 44.2 Å². The van der Waals surface area contributed by atoms with Gasteiger partial charge in [0.25, 0.3) is 0 Å². The Morgan fingerprint density at radius 1 is 1.16 bits per heavy atom. The second kappa shape index (κ2) is 11.0. The summed E-state index contributed by atoms with van der Waals surface area (Å²) in [5.74, 6) is 0.747. The zero-order valence-corrected chi connectivity index (χ0v) is 20.1. The van der Waals surface area contributed by atoms with E-state index < -0.39 is 0 Å². The van der Waals surface area contributed by atoms with E-state index in [2.05, 4.69) is 63.7 Å². The van der Waals surface area contributed by atoms with Crippen molar-refractivity contribution in [3.63, 3.8) is 0 Å². The van der Waals surface area contributed by atoms with Crippen molar-refractivity contribution in [1.82, 2.24) is 25.3 Å². The molecular formula is C24H37N7O. The van der Waals surface area contributed by atoms with Crippen LogP contribution in [-0.4, -0.2) is 71.9 Å². The third-order valence-electron chi connectivity index (χ3n) is 6.02. The van der Waals surface area contributed by atoms with E-state index in [9.17, 15) is 4.79 Å². The molecule has 1 atom stereocenters. The third-order valence-corrected chi connectivity index (χ3v) is 6.02. The van der Waals surface area contributed by atoms with Crippen LogP contribution in [0.1, 0.15) is 30.8 Å². The Labute approximate surface area is 191 Å². The molecule has 1 aromatic heterocycles. The highest BCUT2D eigenvalue weighted by Crippen LogP contribution is 2.16. The van der Waals surface area contributed by atoms with E-state index in [1.807, 2.05) is 36.5 Å². The lowest BCUT2D eigenvalue weighted by atomic mass is 10.1. The molecule has 2 aromatic rings. The molecule has 0 spiro atoms. The number of carbonyl (C=O) groups is 1. The topological polar surface area (TPSA) is 77.8 Å². The monoisotopic (exact) mass is 439 g/mol. The number of guanidine groups is 1. The molecule has 8 nitrogen and oxygen atoms in total. The number of benzene rings is 1. The van der Waals surface area contributed by atoms with Gasteiger partial charge in [0.1, 0.15) is 6.54 Å². The number of amides is 1. The number of hydrogen-bond acceptors (Lipinski definition) is 4. The molecule has 1 aromatic carbocycles. The fourth-order valence-electron chi connectivity index (χ4n) is 4.12. The van der Waals surface area contributed by atoms with Crippen molar-refractivity contribution in [3.05, 3.63) is 47.3 Å². The summed E-state index contributed by atoms with van der Waals surface area (Å²) in [5.41, 5.74) is 4.72. The molecule has 1 saturated heterocycles. The molecule has 32 heavy (non-hydrogen) atoms. The quantitative estimate of drug-likeness (QED) is 0.509. The molecule has 1 fully saturated rings. The Hall–Kier alpha value is -3.03. The van der Waals surface area contributed by atoms with Gasteiger partial charge in [0, 0.05) is 57.2 Å². The van der Waals surface area contributed by atoms with Crippen LogP contribution in [0, 0.1) is 13.8 Å². The summed E-state index contributed by atoms with van der Waals surface area (Å²) in [7, 11) is 1.97. The number of carbonyl (C=O) groups excluding carboxylic acids is 1. The predicted molar refractivity (Wildman–Crippen MR) is 130 cm³/mol. The Kier molecular flexibility index (Phi) is 8.14. The van der Waals surface area contributed by atoms with Gasteiger partial charge in [-0.15, -0.1) is 0 Å². The number of aryl methyl sites for hydroxylation is 2. The lowest BCUT2D eigenvalue weighted by Gasteiger charge is -2.36. The molecule has 0 bridgehead atoms. The second-order valence-electron chi connectivity index (χ2n) is 8.42. The molecule has 2 N–H and O–H groups in total. The van der Waals surface area contributed by atoms with Gasteiger partial charge in [-0.05, 0) is 51.8 Å². The number of nitrogens with one attached hydrogen (secondary N) is 2. The van der Waals surface area contributed by atoms with Crippen LogP contribution >= 0.6 is 0 Å². The number of para-hydroxylation sites is 1. The van der Waals surface area contributed by atoms with Crippen LogP contribution in [0.2, 0.25) is 0 Å². The molecular weight excluding hydrogens is 402 g/mol. The van der Waals surface area contributed by atoms with Gasteiger partial charge in [-0.3, -0.25) is 9.48 Å². The minimum Gasteiger partial charge on any atom is -0.368 e. The van der Waals surface area contributed by atoms with Crippen molar-refractivity contribution in [3.8, 4) is 0 Å². The van der Waals surface area contributed by atoms with Crippen LogP contribution in [0.5, 0.6) is 0 Å². The smallest absolute Gasteiger partial charge is 0.244 e. The molecule has 1 unspecified atom stereocenters. The van der Waals surface area contributed by atoms with Gasteiger partial charge in [0.15, 0.2) is 5.96 Å². The Bertz CT molecular complexity index is 914. The number of rotatable bonds is 7. The van der Waals surface area contributed by atoms with Crippen LogP contribution in [0.4, 0.5) is 5.69 Å². The average molecular weight is 440 g/mol. The fraction of sp³-hybridized carbons (Fsp3) is 0.542. The highest BCUT2D eigenvalue weighted by Gasteiger charge is 2.21. The molecule has 0 radical (unpaired) electrons. The van der Waals surface area contributed by atoms with Crippen molar-refractivity contribution in [2.24, 2.45) is 12.0 Å². The maximum Gasteiger partial charge on any atom is 0.244 e. The van der Waals surface area contributed by atoms with E-state index in [1.54, 1.807) is 0 Å². The Morgan fingerprint density at radius 3 is 2.44 bits per heavy atom. The molecule has 1 aliphatic rings. The Morgan fingerprint density at radius 2 is 1.84 bits per heavy atom. The van der Waals surface area contributed by atoms with Gasteiger partial charge in [0.2, 0.25) is 5.91 Å². The standard InChI is InChI=1S/C24H37N7O/c1-6-25-24(27-18(2)16-22-19(3)28-29(5)20(22)4)26-17-23(32)31-14-12-30(13-15-31)21-10-8-7-9-11-21/h7-11,18H,6,12-17H2,1-5H3,(H2,25,26,27). The van der Waals surface area contributed by atoms with Crippen LogP contribution < -0.4 is 15.5 Å². The molecule has 8 heteroatoms. The molecule has 3 rings (SSSR count). The number of anilines is 1. The molecule has 174 valence electrons. The normalized spacial score (nSPS) is 15.6. The molecule has 0 aliphatic carbocycles. The minimum absolute atomic E-state index is 0.0708. The van der Waals surface area contributed by atoms with Crippen molar-refractivity contribution in [1.29, 1.82) is 0 Å². The highest BCUT2D eigenvalue weighted by molar-refractivity contribution is 5.85. The molecule has 1 aliphatic heterocycles. The molecule has 0 saturated carbocycles. The van der Waals surface area contributed by atoms with Crippen molar-refractivity contribution in [2.45, 2.75) is 40.2 Å². The SMILES string of the molecule is CCNC(=NCC(=O)N1CCN(c2ccccc2)CC1)NC(C)Cc1c(C)nn(C)c1C. The van der Waals surface area contributed by atoms with Crippen LogP contribution in [0.3, 0.4) is 0 Å². The first-order valence-electron chi connectivity index (χ1n) is 11.5. The van der Waals surface area contributed by atoms with E-state index in [4.69, 9.17) is 0 Å². The second-order valence-corrected chi connectivity index (χ2v) is 8.42. The van der Waals surface area contributed by atoms with E-state index in [-0.39, 0.29) is 18.5 Å². The summed E-state index contributed by atoms with van der Waals surface area (Å²) < 4.78 is 1.92. The Balaban J connectivity index is 1.52. The average Bonchev–Trinajstić information content (AvgIpc) is 3.04. The van der Waals surface area contributed by atoms with E-state index in [0.717, 1.165) is 44.8 Å². The number of nitrogens with zero attached hydrogens (tertiary/aromatic N) is 5. The fourth-order valence-corrected chi connectivity index (χ4v) is 4.12. The lowest BCUT2D eigenvalue weighted by Crippen LogP contribution is -2.50. The van der Waals surface area contributed by atoms with Gasteiger partial charge in [-0.25, -0.2) is 4.99 Å². The first-order chi connectivity index (χ1) is 15.4. The molecule has 1 amide bonds. The van der Waals surface area contributed by atoms with Crippen molar-refractivity contribution < 1.29 is 4.79 Å². The summed E-state index contributed by atoms with van der Waals surface area (Å²) >= 11 is 0. The first kappa shape index (κ1) is 23.6. The number of aromatic nitrogens is 2. The minimum atomic E-state index is 0.0708. The summed E-state index contributed by atoms with van der Waals surface area (Å²) in [6, 6.07) is 10.5. The number of piperazine rings is 1. The molecule has 2 heterocycles. The van der Waals surface area contributed by atoms with E-state index in [1.165, 1.54) is 16.9 Å². The van der Waals surface area contributed by atoms with Gasteiger partial charge in [0.05, 0.1) is 5.69 Å². The zero-order chi connectivity index (χ0) is 23.1. The largest absolute Gasteiger partial charge is 0.368 e. The van der Waals surface area contributed by atoms with Crippen molar-refractivity contribution >= 4 is 17.6 Å². The maximum absolute atomic E-state index is 12.8. The van der Waals surface area contributed by atoms with Gasteiger partial charge < -0.3 is 20.4 Å². The maximum atomic E-state index is 12.8. The van der Waals surface area contributed by atoms with Crippen LogP contribution in [-0.2, 0) is 18.3 Å². The van der Waals surface area contributed by atoms with E-state index >= 15 is 0 Å². The third kappa shape index (κ3) is 6.02. The predicted octanol–water partition coefficient (Wildman–Crippen LogP) is 1.87. The summed E-state index contributed by atoms with van der Waals surface area (Å²) in [5, 5.41) is 11.2. The number of hydrogen-bond donors (Lipinski definition) is 2. The van der Waals surface area contributed by atoms with Crippen LogP contribution in [0.25, 0.3) is 0 Å². The summed E-state index contributed by atoms with van der Waals surface area (Å²) in [6.07, 6.45) is 0.852. The van der Waals surface area contributed by atoms with Gasteiger partial charge >= 0.3 is 0 Å². The zero-order valence-electron chi connectivity index (χ0n) is 20.1. The van der Waals surface area contributed by atoms with Gasteiger partial charge in [-0.1, -0.05) is 18.2 Å². The van der Waals surface area contributed by atoms with Crippen LogP contribution in [0.15, 0.2) is 35.3 Å². The lowest BCUT2D eigenvalue weighted by molar-refractivity contribution is -0.129. The highest BCUT2D eigenvalue weighted by atomic mass is 16.2. The summed E-state index contributed by atoms with van der Waals surface area (Å²) in [4.78, 5) is 21.6. The first-order valence-corrected chi connectivity index (χ1v) is 11.5. The van der Waals surface area contributed by atoms with Gasteiger partial charge in [-0.2, -0.15) is 5.10 Å². The number of aliphatic imine (C=N–C) groups is 1. The van der Waals surface area contributed by atoms with E-state index in [0.29, 0.717) is 5.96 Å². The summed E-state index contributed by atoms with van der Waals surface area (Å²) in [6.45, 7) is 12.3.